The van der Waals surface area contributed by atoms with Crippen LogP contribution in [0.5, 0.6) is 0 Å². The van der Waals surface area contributed by atoms with Crippen molar-refractivity contribution in [2.24, 2.45) is 4.99 Å². The highest BCUT2D eigenvalue weighted by Crippen LogP contribution is 2.24. The van der Waals surface area contributed by atoms with Gasteiger partial charge in [0.15, 0.2) is 12.1 Å². The van der Waals surface area contributed by atoms with E-state index in [1.165, 1.54) is 0 Å². The molecule has 1 rings (SSSR count). The zero-order valence-electron chi connectivity index (χ0n) is 8.18. The SMILES string of the molecule is CC(ON1C=CN=CC1C(=O)O)C(F)(F)F. The zero-order chi connectivity index (χ0) is 12.3. The van der Waals surface area contributed by atoms with E-state index in [1.54, 1.807) is 0 Å². The number of alkyl halides is 3. The summed E-state index contributed by atoms with van der Waals surface area (Å²) in [4.78, 5) is 18.7. The van der Waals surface area contributed by atoms with E-state index in [1.807, 2.05) is 0 Å². The van der Waals surface area contributed by atoms with Gasteiger partial charge >= 0.3 is 12.1 Å². The molecule has 1 N–H and O–H groups in total. The van der Waals surface area contributed by atoms with E-state index >= 15 is 0 Å². The van der Waals surface area contributed by atoms with Crippen molar-refractivity contribution in [1.82, 2.24) is 5.06 Å². The van der Waals surface area contributed by atoms with Gasteiger partial charge in [-0.3, -0.25) is 9.83 Å². The van der Waals surface area contributed by atoms with Crippen molar-refractivity contribution in [1.29, 1.82) is 0 Å². The van der Waals surface area contributed by atoms with Crippen LogP contribution in [0.1, 0.15) is 6.92 Å². The minimum absolute atomic E-state index is 0.605. The Bertz CT molecular complexity index is 327. The van der Waals surface area contributed by atoms with Gasteiger partial charge in [0, 0.05) is 18.6 Å². The third kappa shape index (κ3) is 2.96. The smallest absolute Gasteiger partial charge is 0.416 e. The maximum atomic E-state index is 12.2. The summed E-state index contributed by atoms with van der Waals surface area (Å²) in [7, 11) is 0. The number of aliphatic imine (C=N–C) groups is 1. The van der Waals surface area contributed by atoms with Crippen LogP contribution in [0.4, 0.5) is 13.2 Å². The standard InChI is InChI=1S/C8H9F3N2O3/c1-5(8(9,10)11)16-13-3-2-12-4-6(13)7(14)15/h2-6H,1H3,(H,14,15). The largest absolute Gasteiger partial charge is 0.479 e. The van der Waals surface area contributed by atoms with Crippen molar-refractivity contribution in [2.45, 2.75) is 25.2 Å². The van der Waals surface area contributed by atoms with Gasteiger partial charge in [-0.25, -0.2) is 9.86 Å². The number of halogens is 3. The lowest BCUT2D eigenvalue weighted by Crippen LogP contribution is -2.44. The van der Waals surface area contributed by atoms with Crippen molar-refractivity contribution in [3.8, 4) is 0 Å². The van der Waals surface area contributed by atoms with Crippen molar-refractivity contribution in [2.75, 3.05) is 0 Å². The molecule has 0 saturated carbocycles. The Kier molecular flexibility index (Phi) is 3.53. The summed E-state index contributed by atoms with van der Waals surface area (Å²) in [6.45, 7) is 0.790. The minimum Gasteiger partial charge on any atom is -0.479 e. The number of hydroxylamine groups is 2. The third-order valence-electron chi connectivity index (χ3n) is 1.79. The van der Waals surface area contributed by atoms with Crippen molar-refractivity contribution >= 4 is 12.2 Å². The maximum absolute atomic E-state index is 12.2. The molecule has 0 aromatic heterocycles. The number of hydrogen-bond donors (Lipinski definition) is 1. The topological polar surface area (TPSA) is 62.1 Å². The van der Waals surface area contributed by atoms with Crippen molar-refractivity contribution < 1.29 is 27.9 Å². The second-order valence-corrected chi connectivity index (χ2v) is 3.03. The van der Waals surface area contributed by atoms with Gasteiger partial charge in [0.2, 0.25) is 0 Å². The normalized spacial score (nSPS) is 22.2. The average Bonchev–Trinajstić information content (AvgIpc) is 2.16. The quantitative estimate of drug-likeness (QED) is 0.801. The van der Waals surface area contributed by atoms with Gasteiger partial charge in [-0.15, -0.1) is 0 Å². The molecule has 1 aliphatic rings. The van der Waals surface area contributed by atoms with Gasteiger partial charge in [0.05, 0.1) is 0 Å². The average molecular weight is 238 g/mol. The Labute approximate surface area is 88.8 Å². The van der Waals surface area contributed by atoms with Crippen LogP contribution in [0, 0.1) is 0 Å². The van der Waals surface area contributed by atoms with Crippen LogP contribution < -0.4 is 0 Å². The van der Waals surface area contributed by atoms with E-state index in [9.17, 15) is 18.0 Å². The number of nitrogens with zero attached hydrogens (tertiary/aromatic N) is 2. The Morgan fingerprint density at radius 1 is 1.62 bits per heavy atom. The lowest BCUT2D eigenvalue weighted by atomic mass is 10.3. The second kappa shape index (κ2) is 4.52. The summed E-state index contributed by atoms with van der Waals surface area (Å²) in [5, 5.41) is 9.30. The number of carboxylic acid groups (broad SMARTS) is 1. The van der Waals surface area contributed by atoms with E-state index < -0.39 is 24.3 Å². The summed E-state index contributed by atoms with van der Waals surface area (Å²) in [5.41, 5.74) is 0. The number of carboxylic acids is 1. The summed E-state index contributed by atoms with van der Waals surface area (Å²) in [6.07, 6.45) is -3.49. The first-order valence-corrected chi connectivity index (χ1v) is 4.27. The molecule has 0 aromatic rings. The van der Waals surface area contributed by atoms with E-state index in [2.05, 4.69) is 9.83 Å². The number of hydrogen-bond acceptors (Lipinski definition) is 4. The van der Waals surface area contributed by atoms with Gasteiger partial charge in [0.1, 0.15) is 0 Å². The molecule has 0 bridgehead atoms. The zero-order valence-corrected chi connectivity index (χ0v) is 8.18. The third-order valence-corrected chi connectivity index (χ3v) is 1.79. The Hall–Kier alpha value is -1.57. The van der Waals surface area contributed by atoms with Crippen molar-refractivity contribution in [3.05, 3.63) is 12.4 Å². The van der Waals surface area contributed by atoms with Gasteiger partial charge in [0.25, 0.3) is 0 Å². The predicted molar refractivity (Wildman–Crippen MR) is 47.5 cm³/mol. The first-order valence-electron chi connectivity index (χ1n) is 4.27. The number of carbonyl (C=O) groups is 1. The molecule has 1 heterocycles. The van der Waals surface area contributed by atoms with Gasteiger partial charge in [-0.2, -0.15) is 13.2 Å². The van der Waals surface area contributed by atoms with Crippen LogP contribution in [-0.4, -0.2) is 40.7 Å². The summed E-state index contributed by atoms with van der Waals surface area (Å²) in [6, 6.07) is -1.35. The highest BCUT2D eigenvalue weighted by Gasteiger charge is 2.40. The predicted octanol–water partition coefficient (Wildman–Crippen LogP) is 1.18. The molecule has 0 saturated heterocycles. The van der Waals surface area contributed by atoms with E-state index in [-0.39, 0.29) is 0 Å². The molecule has 1 aliphatic heterocycles. The summed E-state index contributed by atoms with van der Waals surface area (Å²) in [5.74, 6) is -1.34. The Morgan fingerprint density at radius 2 is 2.25 bits per heavy atom. The number of aliphatic carboxylic acids is 1. The monoisotopic (exact) mass is 238 g/mol. The molecule has 90 valence electrons. The molecule has 0 radical (unpaired) electrons. The number of rotatable bonds is 3. The highest BCUT2D eigenvalue weighted by atomic mass is 19.4. The first kappa shape index (κ1) is 12.5. The Morgan fingerprint density at radius 3 is 2.75 bits per heavy atom. The first-order chi connectivity index (χ1) is 7.32. The summed E-state index contributed by atoms with van der Waals surface area (Å²) >= 11 is 0. The molecule has 0 spiro atoms. The van der Waals surface area contributed by atoms with Crippen LogP contribution in [0.3, 0.4) is 0 Å². The molecular weight excluding hydrogens is 229 g/mol. The van der Waals surface area contributed by atoms with Gasteiger partial charge in [-0.05, 0) is 6.92 Å². The van der Waals surface area contributed by atoms with Crippen LogP contribution in [0.2, 0.25) is 0 Å². The maximum Gasteiger partial charge on any atom is 0.416 e. The van der Waals surface area contributed by atoms with Crippen LogP contribution in [-0.2, 0) is 9.63 Å². The second-order valence-electron chi connectivity index (χ2n) is 3.03. The van der Waals surface area contributed by atoms with Crippen LogP contribution in [0.25, 0.3) is 0 Å². The molecule has 0 aliphatic carbocycles. The van der Waals surface area contributed by atoms with E-state index in [0.29, 0.717) is 5.06 Å². The molecule has 2 unspecified atom stereocenters. The molecule has 2 atom stereocenters. The fourth-order valence-corrected chi connectivity index (χ4v) is 0.909. The van der Waals surface area contributed by atoms with Crippen LogP contribution in [0.15, 0.2) is 17.4 Å². The summed E-state index contributed by atoms with van der Waals surface area (Å²) < 4.78 is 36.5. The molecule has 5 nitrogen and oxygen atoms in total. The molecule has 0 amide bonds. The van der Waals surface area contributed by atoms with Crippen molar-refractivity contribution in [3.63, 3.8) is 0 Å². The highest BCUT2D eigenvalue weighted by molar-refractivity contribution is 5.93. The van der Waals surface area contributed by atoms with Gasteiger partial charge in [-0.1, -0.05) is 0 Å². The molecule has 0 aromatic carbocycles. The lowest BCUT2D eigenvalue weighted by molar-refractivity contribution is -0.282. The van der Waals surface area contributed by atoms with Gasteiger partial charge < -0.3 is 5.11 Å². The molecular formula is C8H9F3N2O3. The van der Waals surface area contributed by atoms with E-state index in [0.717, 1.165) is 25.5 Å². The van der Waals surface area contributed by atoms with Crippen LogP contribution >= 0.6 is 0 Å². The molecule has 16 heavy (non-hydrogen) atoms. The lowest BCUT2D eigenvalue weighted by Gasteiger charge is -2.29. The molecule has 8 heteroatoms. The molecule has 0 fully saturated rings. The Balaban J connectivity index is 2.69. The van der Waals surface area contributed by atoms with E-state index in [4.69, 9.17) is 5.11 Å². The fourth-order valence-electron chi connectivity index (χ4n) is 0.909. The fraction of sp³-hybridized carbons (Fsp3) is 0.500. The minimum atomic E-state index is -4.55.